The number of rotatable bonds is 8. The van der Waals surface area contributed by atoms with Crippen molar-refractivity contribution in [2.45, 2.75) is 31.9 Å². The number of halogens is 1. The molecule has 2 atom stereocenters. The molecule has 0 radical (unpaired) electrons. The lowest BCUT2D eigenvalue weighted by Crippen LogP contribution is -2.42. The maximum Gasteiger partial charge on any atom is 0.326 e. The standard InChI is InChI=1S/C20H20ClNO7/c1-10(23)7-12-14(21)9-13(17(24)16(12)20(28)29)18(25)22-15(19(26)27)8-11-5-3-2-4-6-11/h2-6,9-10,15,23-24H,7-8H2,1H3,(H,22,25)(H,26,27)(H,28,29)/p-2/t10?,15-/m0/s1. The summed E-state index contributed by atoms with van der Waals surface area (Å²) in [6, 6.07) is 8.13. The second-order valence-electron chi connectivity index (χ2n) is 6.48. The Bertz CT molecular complexity index is 928. The summed E-state index contributed by atoms with van der Waals surface area (Å²) in [6.07, 6.45) is -1.27. The topological polar surface area (TPSA) is 150 Å². The van der Waals surface area contributed by atoms with Crippen molar-refractivity contribution in [1.82, 2.24) is 5.32 Å². The van der Waals surface area contributed by atoms with Gasteiger partial charge in [-0.25, -0.2) is 4.79 Å². The van der Waals surface area contributed by atoms with Gasteiger partial charge in [-0.15, -0.1) is 0 Å². The van der Waals surface area contributed by atoms with E-state index < -0.39 is 46.9 Å². The molecule has 0 aromatic heterocycles. The average molecular weight is 420 g/mol. The molecular weight excluding hydrogens is 402 g/mol. The number of aliphatic hydroxyl groups excluding tert-OH is 1. The summed E-state index contributed by atoms with van der Waals surface area (Å²) in [5.41, 5.74) is -0.966. The third-order valence-electron chi connectivity index (χ3n) is 4.17. The summed E-state index contributed by atoms with van der Waals surface area (Å²) in [7, 11) is 0. The second-order valence-corrected chi connectivity index (χ2v) is 6.89. The van der Waals surface area contributed by atoms with E-state index in [1.54, 1.807) is 30.3 Å². The van der Waals surface area contributed by atoms with Crippen molar-refractivity contribution in [3.8, 4) is 5.75 Å². The molecule has 0 spiro atoms. The zero-order valence-corrected chi connectivity index (χ0v) is 16.1. The molecule has 0 fully saturated rings. The molecule has 0 heterocycles. The SMILES string of the molecule is CC(O)Cc1c(Cl)cc(C(=O)N[C@@H](Cc2ccccc2)C(=O)O)c([O-])c1C(=O)[O-]. The Morgan fingerprint density at radius 3 is 2.31 bits per heavy atom. The van der Waals surface area contributed by atoms with Crippen LogP contribution in [-0.2, 0) is 17.6 Å². The Hall–Kier alpha value is -3.10. The monoisotopic (exact) mass is 419 g/mol. The van der Waals surface area contributed by atoms with Crippen molar-refractivity contribution in [3.63, 3.8) is 0 Å². The van der Waals surface area contributed by atoms with E-state index in [1.165, 1.54) is 6.92 Å². The van der Waals surface area contributed by atoms with E-state index in [4.69, 9.17) is 11.6 Å². The van der Waals surface area contributed by atoms with E-state index >= 15 is 0 Å². The number of carbonyl (C=O) groups is 3. The lowest BCUT2D eigenvalue weighted by Gasteiger charge is -2.25. The summed E-state index contributed by atoms with van der Waals surface area (Å²) < 4.78 is 0. The van der Waals surface area contributed by atoms with Crippen LogP contribution in [-0.4, -0.2) is 40.2 Å². The predicted octanol–water partition coefficient (Wildman–Crippen LogP) is 0.126. The van der Waals surface area contributed by atoms with Crippen LogP contribution in [0.4, 0.5) is 0 Å². The van der Waals surface area contributed by atoms with Crippen LogP contribution in [0.15, 0.2) is 36.4 Å². The smallest absolute Gasteiger partial charge is 0.326 e. The fourth-order valence-corrected chi connectivity index (χ4v) is 3.12. The summed E-state index contributed by atoms with van der Waals surface area (Å²) in [4.78, 5) is 35.5. The van der Waals surface area contributed by atoms with Gasteiger partial charge >= 0.3 is 5.97 Å². The van der Waals surface area contributed by atoms with Crippen molar-refractivity contribution in [3.05, 3.63) is 63.7 Å². The van der Waals surface area contributed by atoms with Gasteiger partial charge in [0.25, 0.3) is 5.91 Å². The van der Waals surface area contributed by atoms with Crippen LogP contribution in [0, 0.1) is 0 Å². The molecule has 0 aliphatic carbocycles. The van der Waals surface area contributed by atoms with E-state index in [0.29, 0.717) is 5.56 Å². The number of amides is 1. The van der Waals surface area contributed by atoms with Gasteiger partial charge in [-0.2, -0.15) is 0 Å². The lowest BCUT2D eigenvalue weighted by molar-refractivity contribution is -0.276. The maximum atomic E-state index is 12.5. The zero-order chi connectivity index (χ0) is 21.7. The van der Waals surface area contributed by atoms with Crippen molar-refractivity contribution < 1.29 is 34.8 Å². The Labute approximate surface area is 171 Å². The van der Waals surface area contributed by atoms with Crippen LogP contribution in [0.1, 0.15) is 38.8 Å². The number of carboxylic acid groups (broad SMARTS) is 2. The molecule has 0 bridgehead atoms. The number of aliphatic hydroxyl groups is 1. The first kappa shape index (κ1) is 22.2. The molecule has 0 aliphatic heterocycles. The highest BCUT2D eigenvalue weighted by atomic mass is 35.5. The number of hydrogen-bond acceptors (Lipinski definition) is 6. The molecule has 1 amide bonds. The molecule has 9 heteroatoms. The Balaban J connectivity index is 2.38. The number of carboxylic acids is 2. The van der Waals surface area contributed by atoms with Crippen molar-refractivity contribution >= 4 is 29.4 Å². The van der Waals surface area contributed by atoms with E-state index in [9.17, 15) is 34.8 Å². The normalized spacial score (nSPS) is 12.8. The fraction of sp³-hybridized carbons (Fsp3) is 0.250. The molecule has 154 valence electrons. The Morgan fingerprint density at radius 2 is 1.79 bits per heavy atom. The maximum absolute atomic E-state index is 12.5. The van der Waals surface area contributed by atoms with Crippen LogP contribution >= 0.6 is 11.6 Å². The summed E-state index contributed by atoms with van der Waals surface area (Å²) >= 11 is 6.03. The van der Waals surface area contributed by atoms with E-state index in [2.05, 4.69) is 5.32 Å². The van der Waals surface area contributed by atoms with Gasteiger partial charge in [0, 0.05) is 23.4 Å². The first-order valence-corrected chi connectivity index (χ1v) is 8.99. The minimum absolute atomic E-state index is 0.0444. The van der Waals surface area contributed by atoms with Crippen molar-refractivity contribution in [1.29, 1.82) is 0 Å². The van der Waals surface area contributed by atoms with Gasteiger partial charge in [-0.05, 0) is 29.7 Å². The van der Waals surface area contributed by atoms with Gasteiger partial charge in [-0.3, -0.25) is 4.79 Å². The van der Waals surface area contributed by atoms with Crippen LogP contribution in [0.5, 0.6) is 5.75 Å². The molecule has 29 heavy (non-hydrogen) atoms. The fourth-order valence-electron chi connectivity index (χ4n) is 2.84. The van der Waals surface area contributed by atoms with Crippen LogP contribution in [0.2, 0.25) is 5.02 Å². The van der Waals surface area contributed by atoms with Crippen LogP contribution in [0.3, 0.4) is 0 Å². The molecule has 0 aliphatic rings. The molecule has 1 unspecified atom stereocenters. The van der Waals surface area contributed by atoms with Crippen molar-refractivity contribution in [2.24, 2.45) is 0 Å². The number of carbonyl (C=O) groups excluding carboxylic acids is 2. The zero-order valence-electron chi connectivity index (χ0n) is 15.3. The van der Waals surface area contributed by atoms with Gasteiger partial charge in [0.15, 0.2) is 0 Å². The summed E-state index contributed by atoms with van der Waals surface area (Å²) in [6.45, 7) is 1.38. The first-order valence-electron chi connectivity index (χ1n) is 8.61. The third-order valence-corrected chi connectivity index (χ3v) is 4.50. The van der Waals surface area contributed by atoms with Gasteiger partial charge in [-0.1, -0.05) is 47.7 Å². The molecular formula is C20H18ClNO7-2. The van der Waals surface area contributed by atoms with E-state index in [-0.39, 0.29) is 23.4 Å². The van der Waals surface area contributed by atoms with Crippen LogP contribution in [0.25, 0.3) is 0 Å². The Morgan fingerprint density at radius 1 is 1.17 bits per heavy atom. The first-order chi connectivity index (χ1) is 13.6. The molecule has 2 rings (SSSR count). The number of aliphatic carboxylic acids is 1. The Kier molecular flexibility index (Phi) is 7.19. The van der Waals surface area contributed by atoms with Gasteiger partial charge in [0.05, 0.1) is 12.1 Å². The highest BCUT2D eigenvalue weighted by molar-refractivity contribution is 6.32. The minimum atomic E-state index is -1.85. The largest absolute Gasteiger partial charge is 0.871 e. The van der Waals surface area contributed by atoms with Gasteiger partial charge in [0.2, 0.25) is 0 Å². The molecule has 0 saturated carbocycles. The summed E-state index contributed by atoms with van der Waals surface area (Å²) in [5.74, 6) is -5.41. The third kappa shape index (κ3) is 5.46. The average Bonchev–Trinajstić information content (AvgIpc) is 2.63. The van der Waals surface area contributed by atoms with Gasteiger partial charge in [0.1, 0.15) is 6.04 Å². The minimum Gasteiger partial charge on any atom is -0.871 e. The highest BCUT2D eigenvalue weighted by Crippen LogP contribution is 2.31. The molecule has 2 aromatic rings. The quantitative estimate of drug-likeness (QED) is 0.550. The molecule has 0 saturated heterocycles. The summed E-state index contributed by atoms with van der Waals surface area (Å²) in [5, 5.41) is 44.9. The number of nitrogens with one attached hydrogen (secondary N) is 1. The predicted molar refractivity (Wildman–Crippen MR) is 99.6 cm³/mol. The van der Waals surface area contributed by atoms with E-state index in [0.717, 1.165) is 6.07 Å². The van der Waals surface area contributed by atoms with Crippen molar-refractivity contribution in [2.75, 3.05) is 0 Å². The second kappa shape index (κ2) is 9.40. The number of benzene rings is 2. The van der Waals surface area contributed by atoms with E-state index in [1.807, 2.05) is 0 Å². The molecule has 2 aromatic carbocycles. The van der Waals surface area contributed by atoms with Crippen LogP contribution < -0.4 is 15.5 Å². The number of hydrogen-bond donors (Lipinski definition) is 3. The molecule has 8 nitrogen and oxygen atoms in total. The lowest BCUT2D eigenvalue weighted by atomic mass is 9.97. The number of aromatic carboxylic acids is 1. The molecule has 3 N–H and O–H groups in total. The highest BCUT2D eigenvalue weighted by Gasteiger charge is 2.24. The van der Waals surface area contributed by atoms with Gasteiger partial charge < -0.3 is 30.5 Å².